The van der Waals surface area contributed by atoms with E-state index >= 15 is 0 Å². The van der Waals surface area contributed by atoms with E-state index in [1.54, 1.807) is 0 Å². The highest BCUT2D eigenvalue weighted by Gasteiger charge is 2.05. The zero-order chi connectivity index (χ0) is 14.5. The number of rotatable bonds is 7. The van der Waals surface area contributed by atoms with Gasteiger partial charge in [-0.05, 0) is 47.5 Å². The van der Waals surface area contributed by atoms with Gasteiger partial charge in [0.2, 0.25) is 0 Å². The average Bonchev–Trinajstić information content (AvgIpc) is 2.81. The number of aromatic nitrogens is 1. The van der Waals surface area contributed by atoms with Crippen LogP contribution >= 0.6 is 0 Å². The zero-order valence-corrected chi connectivity index (χ0v) is 13.3. The van der Waals surface area contributed by atoms with Crippen molar-refractivity contribution in [1.82, 2.24) is 9.88 Å². The maximum Gasteiger partial charge on any atom is 0.0480 e. The van der Waals surface area contributed by atoms with Crippen molar-refractivity contribution in [3.63, 3.8) is 0 Å². The van der Waals surface area contributed by atoms with Crippen LogP contribution in [0.2, 0.25) is 0 Å². The Balaban J connectivity index is 2.07. The zero-order valence-electron chi connectivity index (χ0n) is 13.3. The molecule has 20 heavy (non-hydrogen) atoms. The fourth-order valence-electron chi connectivity index (χ4n) is 2.49. The van der Waals surface area contributed by atoms with Crippen molar-refractivity contribution in [2.45, 2.75) is 47.2 Å². The summed E-state index contributed by atoms with van der Waals surface area (Å²) in [6, 6.07) is 9.08. The second-order valence-corrected chi connectivity index (χ2v) is 6.40. The molecule has 2 aromatic rings. The van der Waals surface area contributed by atoms with Gasteiger partial charge in [-0.1, -0.05) is 40.2 Å². The molecule has 0 saturated heterocycles. The molecule has 0 radical (unpaired) electrons. The summed E-state index contributed by atoms with van der Waals surface area (Å²) >= 11 is 0. The van der Waals surface area contributed by atoms with Crippen LogP contribution in [-0.4, -0.2) is 11.1 Å². The Morgan fingerprint density at radius 3 is 2.65 bits per heavy atom. The lowest BCUT2D eigenvalue weighted by molar-refractivity contribution is 0.477. The van der Waals surface area contributed by atoms with Crippen molar-refractivity contribution in [1.29, 1.82) is 0 Å². The number of fused-ring (bicyclic) bond motifs is 1. The van der Waals surface area contributed by atoms with Gasteiger partial charge in [-0.15, -0.1) is 0 Å². The maximum atomic E-state index is 3.51. The Morgan fingerprint density at radius 2 is 1.95 bits per heavy atom. The summed E-state index contributed by atoms with van der Waals surface area (Å²) in [4.78, 5) is 0. The number of benzene rings is 1. The van der Waals surface area contributed by atoms with E-state index < -0.39 is 0 Å². The van der Waals surface area contributed by atoms with E-state index in [9.17, 15) is 0 Å². The minimum atomic E-state index is 0.704. The van der Waals surface area contributed by atoms with E-state index in [0.29, 0.717) is 5.92 Å². The van der Waals surface area contributed by atoms with Gasteiger partial charge in [0.05, 0.1) is 0 Å². The molecule has 0 amide bonds. The van der Waals surface area contributed by atoms with Crippen LogP contribution in [-0.2, 0) is 13.1 Å². The highest BCUT2D eigenvalue weighted by molar-refractivity contribution is 5.80. The van der Waals surface area contributed by atoms with Crippen molar-refractivity contribution in [2.24, 2.45) is 11.8 Å². The smallest absolute Gasteiger partial charge is 0.0480 e. The van der Waals surface area contributed by atoms with E-state index in [1.165, 1.54) is 22.9 Å². The molecule has 2 rings (SSSR count). The lowest BCUT2D eigenvalue weighted by Gasteiger charge is -2.12. The molecule has 2 heteroatoms. The molecule has 0 aliphatic rings. The first-order valence-corrected chi connectivity index (χ1v) is 7.88. The monoisotopic (exact) mass is 272 g/mol. The lowest BCUT2D eigenvalue weighted by Crippen LogP contribution is -2.18. The normalized spacial score (nSPS) is 13.2. The van der Waals surface area contributed by atoms with Crippen molar-refractivity contribution in [3.05, 3.63) is 36.0 Å². The Kier molecular flexibility index (Phi) is 5.24. The first-order chi connectivity index (χ1) is 9.60. The van der Waals surface area contributed by atoms with Gasteiger partial charge in [-0.3, -0.25) is 0 Å². The van der Waals surface area contributed by atoms with Crippen LogP contribution in [0.25, 0.3) is 10.9 Å². The first kappa shape index (κ1) is 15.1. The minimum absolute atomic E-state index is 0.704. The molecule has 0 aliphatic carbocycles. The molecular formula is C18H28N2. The number of nitrogens with zero attached hydrogens (tertiary/aromatic N) is 1. The van der Waals surface area contributed by atoms with Gasteiger partial charge in [0, 0.05) is 24.8 Å². The van der Waals surface area contributed by atoms with Crippen molar-refractivity contribution in [2.75, 3.05) is 6.54 Å². The van der Waals surface area contributed by atoms with Gasteiger partial charge in [0.1, 0.15) is 0 Å². The molecule has 0 saturated carbocycles. The van der Waals surface area contributed by atoms with Crippen molar-refractivity contribution in [3.8, 4) is 0 Å². The second-order valence-electron chi connectivity index (χ2n) is 6.40. The third kappa shape index (κ3) is 3.86. The predicted molar refractivity (Wildman–Crippen MR) is 87.9 cm³/mol. The van der Waals surface area contributed by atoms with Gasteiger partial charge in [-0.2, -0.15) is 0 Å². The molecule has 2 nitrogen and oxygen atoms in total. The van der Waals surface area contributed by atoms with Crippen LogP contribution in [0.4, 0.5) is 0 Å². The third-order valence-electron chi connectivity index (χ3n) is 3.92. The molecule has 0 aliphatic heterocycles. The van der Waals surface area contributed by atoms with E-state index in [0.717, 1.165) is 25.6 Å². The maximum absolute atomic E-state index is 3.51. The summed E-state index contributed by atoms with van der Waals surface area (Å²) in [5.74, 6) is 1.44. The summed E-state index contributed by atoms with van der Waals surface area (Å²) < 4.78 is 2.38. The molecule has 0 bridgehead atoms. The molecule has 1 atom stereocenters. The molecule has 1 unspecified atom stereocenters. The summed E-state index contributed by atoms with van der Waals surface area (Å²) in [6.07, 6.45) is 3.46. The summed E-state index contributed by atoms with van der Waals surface area (Å²) in [5.41, 5.74) is 2.73. The van der Waals surface area contributed by atoms with Gasteiger partial charge >= 0.3 is 0 Å². The number of hydrogen-bond acceptors (Lipinski definition) is 1. The Morgan fingerprint density at radius 1 is 1.15 bits per heavy atom. The molecule has 1 heterocycles. The van der Waals surface area contributed by atoms with Crippen LogP contribution < -0.4 is 5.32 Å². The lowest BCUT2D eigenvalue weighted by atomic mass is 10.1. The number of hydrogen-bond donors (Lipinski definition) is 1. The average molecular weight is 272 g/mol. The Hall–Kier alpha value is -1.28. The predicted octanol–water partition coefficient (Wildman–Crippen LogP) is 4.43. The summed E-state index contributed by atoms with van der Waals surface area (Å²) in [5, 5.41) is 4.87. The third-order valence-corrected chi connectivity index (χ3v) is 3.92. The van der Waals surface area contributed by atoms with Crippen LogP contribution in [0, 0.1) is 11.8 Å². The number of nitrogens with one attached hydrogen (secondary N) is 1. The molecule has 1 aromatic heterocycles. The fourth-order valence-corrected chi connectivity index (χ4v) is 2.49. The highest BCUT2D eigenvalue weighted by atomic mass is 15.0. The van der Waals surface area contributed by atoms with E-state index in [4.69, 9.17) is 0 Å². The first-order valence-electron chi connectivity index (χ1n) is 7.88. The molecule has 1 aromatic carbocycles. The van der Waals surface area contributed by atoms with Crippen LogP contribution in [0.1, 0.15) is 39.7 Å². The molecule has 0 fully saturated rings. The summed E-state index contributed by atoms with van der Waals surface area (Å²) in [7, 11) is 0. The standard InChI is InChI=1S/C18H28N2/c1-5-15(4)13-20-9-8-17-10-16(6-7-18(17)20)12-19-11-14(2)3/h6-10,14-15,19H,5,11-13H2,1-4H3. The Labute approximate surface area is 123 Å². The van der Waals surface area contributed by atoms with E-state index in [-0.39, 0.29) is 0 Å². The quantitative estimate of drug-likeness (QED) is 0.789. The minimum Gasteiger partial charge on any atom is -0.347 e. The second kappa shape index (κ2) is 6.94. The van der Waals surface area contributed by atoms with Crippen molar-refractivity contribution >= 4 is 10.9 Å². The summed E-state index contributed by atoms with van der Waals surface area (Å²) in [6.45, 7) is 12.2. The molecule has 1 N–H and O–H groups in total. The molecular weight excluding hydrogens is 244 g/mol. The van der Waals surface area contributed by atoms with Gasteiger partial charge in [0.15, 0.2) is 0 Å². The van der Waals surface area contributed by atoms with Gasteiger partial charge in [0.25, 0.3) is 0 Å². The van der Waals surface area contributed by atoms with Crippen LogP contribution in [0.5, 0.6) is 0 Å². The van der Waals surface area contributed by atoms with Crippen molar-refractivity contribution < 1.29 is 0 Å². The molecule has 0 spiro atoms. The highest BCUT2D eigenvalue weighted by Crippen LogP contribution is 2.19. The van der Waals surface area contributed by atoms with Crippen LogP contribution in [0.15, 0.2) is 30.5 Å². The topological polar surface area (TPSA) is 17.0 Å². The van der Waals surface area contributed by atoms with E-state index in [1.807, 2.05) is 0 Å². The largest absolute Gasteiger partial charge is 0.347 e. The Bertz CT molecular complexity index is 539. The molecule has 110 valence electrons. The van der Waals surface area contributed by atoms with E-state index in [2.05, 4.69) is 68.0 Å². The fraction of sp³-hybridized carbons (Fsp3) is 0.556. The van der Waals surface area contributed by atoms with Gasteiger partial charge < -0.3 is 9.88 Å². The van der Waals surface area contributed by atoms with Crippen LogP contribution in [0.3, 0.4) is 0 Å². The van der Waals surface area contributed by atoms with Gasteiger partial charge in [-0.25, -0.2) is 0 Å². The SMILES string of the molecule is CCC(C)Cn1ccc2cc(CNCC(C)C)ccc21.